The van der Waals surface area contributed by atoms with Gasteiger partial charge >= 0.3 is 6.03 Å². The predicted molar refractivity (Wildman–Crippen MR) is 335 cm³/mol. The minimum Gasteiger partial charge on any atom is -0.457 e. The lowest BCUT2D eigenvalue weighted by molar-refractivity contribution is -0.137. The Balaban J connectivity index is 0.538. The summed E-state index contributed by atoms with van der Waals surface area (Å²) in [6.45, 7) is 8.13. The van der Waals surface area contributed by atoms with Crippen LogP contribution in [0.25, 0.3) is 11.3 Å². The Labute approximate surface area is 519 Å². The number of para-hydroxylation sites is 1. The molecule has 2 fully saturated rings. The molecule has 2 atom stereocenters. The Morgan fingerprint density at radius 2 is 1.47 bits per heavy atom. The summed E-state index contributed by atoms with van der Waals surface area (Å²) in [5.41, 5.74) is 11.5. The van der Waals surface area contributed by atoms with Gasteiger partial charge in [-0.15, -0.1) is 0 Å². The number of nitrogens with zero attached hydrogens (tertiary/aromatic N) is 5. The van der Waals surface area contributed by atoms with E-state index in [0.717, 1.165) is 98.8 Å². The van der Waals surface area contributed by atoms with Gasteiger partial charge in [-0.05, 0) is 135 Å². The summed E-state index contributed by atoms with van der Waals surface area (Å²) >= 11 is 6.43. The Bertz CT molecular complexity index is 3190. The summed E-state index contributed by atoms with van der Waals surface area (Å²) in [6.07, 6.45) is 13.9. The molecule has 4 aliphatic rings. The molecule has 4 aromatic carbocycles. The molecule has 5 aromatic rings. The fourth-order valence-corrected chi connectivity index (χ4v) is 12.0. The van der Waals surface area contributed by atoms with Gasteiger partial charge in [0.25, 0.3) is 11.8 Å². The third-order valence-electron chi connectivity index (χ3n) is 16.4. The quantitative estimate of drug-likeness (QED) is 0.0150. The summed E-state index contributed by atoms with van der Waals surface area (Å²) in [7, 11) is 2.00. The number of primary amides is 1. The number of ether oxygens (including phenoxy) is 5. The van der Waals surface area contributed by atoms with Crippen molar-refractivity contribution in [1.82, 2.24) is 35.1 Å². The summed E-state index contributed by atoms with van der Waals surface area (Å²) in [6, 6.07) is 27.1. The normalized spacial score (nSPS) is 16.8. The number of carbonyl (C=O) groups is 6. The number of halogens is 1. The van der Waals surface area contributed by atoms with Crippen LogP contribution in [0.2, 0.25) is 5.02 Å². The molecule has 6 N–H and O–H groups in total. The van der Waals surface area contributed by atoms with Crippen LogP contribution in [0.15, 0.2) is 103 Å². The molecule has 0 saturated carbocycles. The first-order chi connectivity index (χ1) is 42.9. The van der Waals surface area contributed by atoms with Crippen molar-refractivity contribution in [2.45, 2.75) is 102 Å². The van der Waals surface area contributed by atoms with Crippen molar-refractivity contribution in [3.8, 4) is 22.8 Å². The maximum Gasteiger partial charge on any atom is 0.319 e. The second-order valence-corrected chi connectivity index (χ2v) is 23.2. The van der Waals surface area contributed by atoms with Crippen molar-refractivity contribution in [1.29, 1.82) is 0 Å². The molecule has 1 unspecified atom stereocenters. The number of nitrogens with one attached hydrogen (secondary N) is 4. The average molecular weight is 1230 g/mol. The van der Waals surface area contributed by atoms with Gasteiger partial charge in [0.05, 0.1) is 52.3 Å². The lowest BCUT2D eigenvalue weighted by Crippen LogP contribution is -2.52. The number of hydrogen-bond donors (Lipinski definition) is 5. The number of amides is 7. The van der Waals surface area contributed by atoms with Crippen LogP contribution in [0.1, 0.15) is 114 Å². The molecule has 7 amide bonds. The number of unbranched alkanes of at least 4 members (excludes halogenated alkanes) is 5. The lowest BCUT2D eigenvalue weighted by Gasteiger charge is -2.38. The smallest absolute Gasteiger partial charge is 0.319 e. The van der Waals surface area contributed by atoms with Gasteiger partial charge in [0.1, 0.15) is 34.6 Å². The predicted octanol–water partition coefficient (Wildman–Crippen LogP) is 8.91. The first-order valence-electron chi connectivity index (χ1n) is 30.9. The summed E-state index contributed by atoms with van der Waals surface area (Å²) in [5.74, 6) is 0.831. The van der Waals surface area contributed by atoms with Crippen LogP contribution in [0.3, 0.4) is 0 Å². The number of urea groups is 1. The van der Waals surface area contributed by atoms with E-state index in [-0.39, 0.29) is 49.3 Å². The minimum absolute atomic E-state index is 0.0134. The molecule has 21 nitrogen and oxygen atoms in total. The highest BCUT2D eigenvalue weighted by molar-refractivity contribution is 6.31. The number of carbonyl (C=O) groups excluding carboxylic acids is 6. The van der Waals surface area contributed by atoms with Crippen molar-refractivity contribution in [2.75, 3.05) is 103 Å². The highest BCUT2D eigenvalue weighted by atomic mass is 35.5. The van der Waals surface area contributed by atoms with Gasteiger partial charge in [-0.1, -0.05) is 73.7 Å². The van der Waals surface area contributed by atoms with Gasteiger partial charge in [-0.25, -0.2) is 9.48 Å². The van der Waals surface area contributed by atoms with Crippen LogP contribution in [0.4, 0.5) is 16.3 Å². The van der Waals surface area contributed by atoms with Crippen molar-refractivity contribution >= 4 is 58.7 Å². The number of nitrogens with two attached hydrogens (primary N) is 1. The number of likely N-dealkylation sites (N-methyl/N-ethyl adjacent to an activating group) is 1. The van der Waals surface area contributed by atoms with Crippen molar-refractivity contribution in [3.63, 3.8) is 0 Å². The van der Waals surface area contributed by atoms with Crippen LogP contribution < -0.4 is 31.7 Å². The first kappa shape index (κ1) is 64.8. The minimum atomic E-state index is -0.680. The van der Waals surface area contributed by atoms with Gasteiger partial charge in [0.15, 0.2) is 0 Å². The molecule has 5 heterocycles. The maximum atomic E-state index is 13.2. The van der Waals surface area contributed by atoms with E-state index in [1.165, 1.54) is 4.90 Å². The van der Waals surface area contributed by atoms with Crippen molar-refractivity contribution in [2.24, 2.45) is 11.7 Å². The zero-order valence-electron chi connectivity index (χ0n) is 50.3. The standard InChI is InChI=1S/C66H83ClN10O11/c1-74(28-11-15-59(79)75-29-25-48(26-30-75)56-24-27-69-63-60(62(68)80)61(73-77(56)63)49-17-19-54(20-18-49)88-53-13-8-6-9-14-53)31-33-85-35-37-87-39-38-86-36-34-84-32-10-5-3-2-4-7-12-46-41-51(67)43-52(42-46)71-66(83)70-44-47-16-21-55-50(40-47)45-76(65(55)82)57-22-23-58(78)72-64(57)81/h6,8-9,11,13-21,40-43,48,56-57,69H,2-5,7,10,12,22-39,44-45H2,1H3,(H2,68,80)(H2,70,71,83)(H,72,78,81)/b15-11+/t56-,57?/m0/s1. The molecule has 1 aromatic heterocycles. The van der Waals surface area contributed by atoms with E-state index >= 15 is 0 Å². The van der Waals surface area contributed by atoms with Crippen molar-refractivity contribution < 1.29 is 52.5 Å². The number of imide groups is 1. The number of hydrogen-bond acceptors (Lipinski definition) is 14. The SMILES string of the molecule is CN(C/C=C/C(=O)N1CCC([C@@H]2CCNc3c(C(N)=O)c(-c4ccc(Oc5ccccc5)cc4)nn32)CC1)CCOCCOCCOCCOCCCCCCCCc1cc(Cl)cc(NC(=O)NCc2ccc3c(c2)CN(C2CCC(=O)NC2=O)C3=O)c1. The van der Waals surface area contributed by atoms with E-state index in [1.807, 2.05) is 95.5 Å². The molecule has 88 heavy (non-hydrogen) atoms. The lowest BCUT2D eigenvalue weighted by atomic mass is 9.87. The van der Waals surface area contributed by atoms with Gasteiger partial charge < -0.3 is 60.1 Å². The summed E-state index contributed by atoms with van der Waals surface area (Å²) in [5, 5.41) is 17.0. The first-order valence-corrected chi connectivity index (χ1v) is 31.3. The Morgan fingerprint density at radius 1 is 0.773 bits per heavy atom. The topological polar surface area (TPSA) is 250 Å². The Hall–Kier alpha value is -7.66. The molecule has 0 aliphatic carbocycles. The van der Waals surface area contributed by atoms with E-state index in [1.54, 1.807) is 24.3 Å². The van der Waals surface area contributed by atoms with Crippen LogP contribution in [-0.2, 0) is 52.8 Å². The molecule has 2 saturated heterocycles. The monoisotopic (exact) mass is 1230 g/mol. The molecule has 4 aliphatic heterocycles. The third-order valence-corrected chi connectivity index (χ3v) is 16.6. The molecule has 0 spiro atoms. The number of aryl methyl sites for hydroxylation is 1. The molecule has 22 heteroatoms. The van der Waals surface area contributed by atoms with Crippen LogP contribution in [0.5, 0.6) is 11.5 Å². The Morgan fingerprint density at radius 3 is 2.19 bits per heavy atom. The molecule has 0 radical (unpaired) electrons. The second kappa shape index (κ2) is 33.1. The van der Waals surface area contributed by atoms with Gasteiger partial charge in [0.2, 0.25) is 17.7 Å². The van der Waals surface area contributed by atoms with E-state index in [0.29, 0.717) is 130 Å². The number of aromatic nitrogens is 2. The van der Waals surface area contributed by atoms with E-state index in [9.17, 15) is 28.8 Å². The average Bonchev–Trinajstić information content (AvgIpc) is 1.81. The largest absolute Gasteiger partial charge is 0.457 e. The van der Waals surface area contributed by atoms with Crippen molar-refractivity contribution in [3.05, 3.63) is 136 Å². The fraction of sp³-hybridized carbons (Fsp3) is 0.470. The summed E-state index contributed by atoms with van der Waals surface area (Å²) < 4.78 is 30.8. The fourth-order valence-electron chi connectivity index (χ4n) is 11.7. The third kappa shape index (κ3) is 18.7. The van der Waals surface area contributed by atoms with Crippen LogP contribution in [0, 0.1) is 5.92 Å². The molecular weight excluding hydrogens is 1140 g/mol. The van der Waals surface area contributed by atoms with E-state index in [4.69, 9.17) is 46.1 Å². The number of piperidine rings is 2. The zero-order valence-corrected chi connectivity index (χ0v) is 51.1. The molecule has 0 bridgehead atoms. The van der Waals surface area contributed by atoms with Gasteiger partial charge in [0, 0.05) is 86.8 Å². The Kier molecular flexibility index (Phi) is 24.4. The molecule has 470 valence electrons. The second-order valence-electron chi connectivity index (χ2n) is 22.8. The number of anilines is 2. The highest BCUT2D eigenvalue weighted by Crippen LogP contribution is 2.40. The highest BCUT2D eigenvalue weighted by Gasteiger charge is 2.40. The number of fused-ring (bicyclic) bond motifs is 2. The number of likely N-dealkylation sites (tertiary alicyclic amines) is 1. The van der Waals surface area contributed by atoms with Crippen LogP contribution in [-0.4, -0.2) is 159 Å². The molecule has 9 rings (SSSR count). The summed E-state index contributed by atoms with van der Waals surface area (Å²) in [4.78, 5) is 81.5. The van der Waals surface area contributed by atoms with Gasteiger partial charge in [-0.2, -0.15) is 5.10 Å². The zero-order chi connectivity index (χ0) is 61.6. The number of benzene rings is 4. The van der Waals surface area contributed by atoms with E-state index < -0.39 is 17.9 Å². The van der Waals surface area contributed by atoms with Crippen LogP contribution >= 0.6 is 11.6 Å². The number of rotatable bonds is 33. The maximum absolute atomic E-state index is 13.2. The molecular formula is C66H83ClN10O11. The van der Waals surface area contributed by atoms with Gasteiger partial charge in [-0.3, -0.25) is 29.3 Å². The van der Waals surface area contributed by atoms with E-state index in [2.05, 4.69) is 26.2 Å².